The van der Waals surface area contributed by atoms with Crippen LogP contribution in [0, 0.1) is 18.3 Å². The first-order valence-electron chi connectivity index (χ1n) is 10.2. The van der Waals surface area contributed by atoms with Gasteiger partial charge in [-0.1, -0.05) is 6.08 Å². The minimum Gasteiger partial charge on any atom is -0.442 e. The summed E-state index contributed by atoms with van der Waals surface area (Å²) in [6, 6.07) is 3.60. The lowest BCUT2D eigenvalue weighted by atomic mass is 10.1. The number of fused-ring (bicyclic) bond motifs is 1. The lowest BCUT2D eigenvalue weighted by molar-refractivity contribution is 0.0772. The smallest absolute Gasteiger partial charge is 0.258 e. The Labute approximate surface area is 178 Å². The number of anilines is 1. The highest BCUT2D eigenvalue weighted by molar-refractivity contribution is 6.10. The van der Waals surface area contributed by atoms with Gasteiger partial charge >= 0.3 is 0 Å². The highest BCUT2D eigenvalue weighted by Gasteiger charge is 2.39. The Morgan fingerprint density at radius 1 is 1.32 bits per heavy atom. The van der Waals surface area contributed by atoms with Gasteiger partial charge in [-0.15, -0.1) is 0 Å². The van der Waals surface area contributed by atoms with E-state index in [1.807, 2.05) is 12.1 Å². The Bertz CT molecular complexity index is 1270. The molecule has 1 aliphatic heterocycles. The van der Waals surface area contributed by atoms with Crippen molar-refractivity contribution in [2.75, 3.05) is 18.4 Å². The van der Waals surface area contributed by atoms with E-state index >= 15 is 0 Å². The summed E-state index contributed by atoms with van der Waals surface area (Å²) in [6.45, 7) is 4.86. The molecule has 0 unspecified atom stereocenters. The normalized spacial score (nSPS) is 17.2. The first kappa shape index (κ1) is 19.2. The minimum atomic E-state index is -0.114. The van der Waals surface area contributed by atoms with Gasteiger partial charge in [-0.05, 0) is 44.7 Å². The fraction of sp³-hybridized carbons (Fsp3) is 0.364. The number of rotatable bonds is 4. The van der Waals surface area contributed by atoms with Crippen molar-refractivity contribution in [1.82, 2.24) is 24.8 Å². The van der Waals surface area contributed by atoms with E-state index < -0.39 is 0 Å². The summed E-state index contributed by atoms with van der Waals surface area (Å²) < 4.78 is 5.80. The average Bonchev–Trinajstić information content (AvgIpc) is 3.41. The minimum absolute atomic E-state index is 0.00744. The van der Waals surface area contributed by atoms with Crippen LogP contribution in [-0.2, 0) is 0 Å². The molecule has 3 aromatic rings. The molecule has 3 aromatic heterocycles. The fourth-order valence-corrected chi connectivity index (χ4v) is 3.79. The molecule has 156 valence electrons. The van der Waals surface area contributed by atoms with E-state index in [4.69, 9.17) is 9.68 Å². The summed E-state index contributed by atoms with van der Waals surface area (Å²) >= 11 is 0. The molecule has 5 rings (SSSR count). The lowest BCUT2D eigenvalue weighted by Gasteiger charge is -2.26. The van der Waals surface area contributed by atoms with E-state index in [1.54, 1.807) is 24.1 Å². The largest absolute Gasteiger partial charge is 0.442 e. The van der Waals surface area contributed by atoms with Gasteiger partial charge in [-0.3, -0.25) is 4.79 Å². The van der Waals surface area contributed by atoms with Crippen molar-refractivity contribution < 1.29 is 9.21 Å². The molecule has 0 atom stereocenters. The Morgan fingerprint density at radius 2 is 2.16 bits per heavy atom. The maximum atomic E-state index is 13.5. The molecule has 9 heteroatoms. The third-order valence-corrected chi connectivity index (χ3v) is 5.85. The Morgan fingerprint density at radius 3 is 2.87 bits per heavy atom. The van der Waals surface area contributed by atoms with Crippen molar-refractivity contribution in [2.45, 2.75) is 38.6 Å². The standard InChI is InChI=1S/C22H21N7O2/c1-13-16(17-19(28-22(2)6-7-22)25-12-26-20(17)31-13)21(30)29-9-4-14(5-10-29)18-24-8-3-15(11-23)27-18/h3-4,8,12H,5-7,9-10H2,1-2H3,(H,25,26,28). The fourth-order valence-electron chi connectivity index (χ4n) is 3.79. The van der Waals surface area contributed by atoms with Crippen LogP contribution in [-0.4, -0.2) is 49.4 Å². The lowest BCUT2D eigenvalue weighted by Crippen LogP contribution is -2.35. The van der Waals surface area contributed by atoms with Crippen LogP contribution in [0.3, 0.4) is 0 Å². The van der Waals surface area contributed by atoms with Gasteiger partial charge in [0.1, 0.15) is 29.7 Å². The summed E-state index contributed by atoms with van der Waals surface area (Å²) in [7, 11) is 0. The molecule has 0 radical (unpaired) electrons. The molecular weight excluding hydrogens is 394 g/mol. The molecule has 0 bridgehead atoms. The molecule has 1 fully saturated rings. The second kappa shape index (κ2) is 7.16. The Hall–Kier alpha value is -3.80. The van der Waals surface area contributed by atoms with Gasteiger partial charge < -0.3 is 14.6 Å². The second-order valence-electron chi connectivity index (χ2n) is 8.23. The molecule has 2 aliphatic rings. The average molecular weight is 415 g/mol. The van der Waals surface area contributed by atoms with Gasteiger partial charge in [0.15, 0.2) is 5.82 Å². The quantitative estimate of drug-likeness (QED) is 0.690. The van der Waals surface area contributed by atoms with E-state index in [0.29, 0.717) is 59.3 Å². The molecule has 0 aromatic carbocycles. The summed E-state index contributed by atoms with van der Waals surface area (Å²) in [5.74, 6) is 1.59. The number of amides is 1. The van der Waals surface area contributed by atoms with Crippen LogP contribution in [0.15, 0.2) is 29.1 Å². The molecule has 1 amide bonds. The van der Waals surface area contributed by atoms with Crippen LogP contribution >= 0.6 is 0 Å². The predicted octanol–water partition coefficient (Wildman–Crippen LogP) is 3.09. The zero-order valence-corrected chi connectivity index (χ0v) is 17.3. The number of furan rings is 1. The van der Waals surface area contributed by atoms with Crippen molar-refractivity contribution in [3.8, 4) is 6.07 Å². The number of hydrogen-bond donors (Lipinski definition) is 1. The third kappa shape index (κ3) is 3.50. The maximum Gasteiger partial charge on any atom is 0.258 e. The number of aromatic nitrogens is 4. The molecule has 31 heavy (non-hydrogen) atoms. The predicted molar refractivity (Wildman–Crippen MR) is 113 cm³/mol. The molecule has 1 aliphatic carbocycles. The van der Waals surface area contributed by atoms with Gasteiger partial charge in [0.05, 0.1) is 10.9 Å². The van der Waals surface area contributed by atoms with E-state index in [-0.39, 0.29) is 11.4 Å². The number of hydrogen-bond acceptors (Lipinski definition) is 8. The van der Waals surface area contributed by atoms with Gasteiger partial charge in [0, 0.05) is 24.8 Å². The first-order valence-corrected chi connectivity index (χ1v) is 10.2. The summed E-state index contributed by atoms with van der Waals surface area (Å²) in [5.41, 5.74) is 2.18. The second-order valence-corrected chi connectivity index (χ2v) is 8.23. The van der Waals surface area contributed by atoms with Crippen molar-refractivity contribution >= 4 is 28.4 Å². The Balaban J connectivity index is 1.44. The van der Waals surface area contributed by atoms with Crippen LogP contribution in [0.2, 0.25) is 0 Å². The van der Waals surface area contributed by atoms with Gasteiger partial charge in [-0.2, -0.15) is 5.26 Å². The third-order valence-electron chi connectivity index (χ3n) is 5.85. The number of nitriles is 1. The number of carbonyl (C=O) groups is 1. The van der Waals surface area contributed by atoms with Crippen molar-refractivity contribution in [2.24, 2.45) is 0 Å². The van der Waals surface area contributed by atoms with Gasteiger partial charge in [0.25, 0.3) is 5.91 Å². The summed E-state index contributed by atoms with van der Waals surface area (Å²) in [5, 5.41) is 13.1. The zero-order valence-electron chi connectivity index (χ0n) is 17.3. The van der Waals surface area contributed by atoms with Crippen molar-refractivity contribution in [1.29, 1.82) is 5.26 Å². The number of nitrogens with one attached hydrogen (secondary N) is 1. The van der Waals surface area contributed by atoms with E-state index in [0.717, 1.165) is 18.4 Å². The van der Waals surface area contributed by atoms with Crippen molar-refractivity contribution in [3.63, 3.8) is 0 Å². The monoisotopic (exact) mass is 415 g/mol. The highest BCUT2D eigenvalue weighted by atomic mass is 16.3. The Kier molecular flexibility index (Phi) is 4.43. The molecule has 0 saturated heterocycles. The molecule has 0 spiro atoms. The van der Waals surface area contributed by atoms with Gasteiger partial charge in [0.2, 0.25) is 5.71 Å². The van der Waals surface area contributed by atoms with E-state index in [9.17, 15) is 4.79 Å². The van der Waals surface area contributed by atoms with Crippen LogP contribution in [0.4, 0.5) is 5.82 Å². The van der Waals surface area contributed by atoms with Crippen molar-refractivity contribution in [3.05, 3.63) is 47.5 Å². The van der Waals surface area contributed by atoms with Crippen LogP contribution < -0.4 is 5.32 Å². The number of aryl methyl sites for hydroxylation is 1. The highest BCUT2D eigenvalue weighted by Crippen LogP contribution is 2.40. The molecule has 1 N–H and O–H groups in total. The topological polar surface area (TPSA) is 121 Å². The zero-order chi connectivity index (χ0) is 21.6. The number of nitrogens with zero attached hydrogens (tertiary/aromatic N) is 6. The summed E-state index contributed by atoms with van der Waals surface area (Å²) in [6.07, 6.45) is 7.71. The molecule has 4 heterocycles. The molecule has 9 nitrogen and oxygen atoms in total. The number of carbonyl (C=O) groups excluding carboxylic acids is 1. The van der Waals surface area contributed by atoms with Gasteiger partial charge in [-0.25, -0.2) is 19.9 Å². The maximum absolute atomic E-state index is 13.5. The van der Waals surface area contributed by atoms with Crippen LogP contribution in [0.1, 0.15) is 53.8 Å². The molecule has 1 saturated carbocycles. The SMILES string of the molecule is Cc1oc2ncnc(NC3(C)CC3)c2c1C(=O)N1CC=C(c2nccc(C#N)n2)CC1. The van der Waals surface area contributed by atoms with Crippen LogP contribution in [0.5, 0.6) is 0 Å². The van der Waals surface area contributed by atoms with Crippen LogP contribution in [0.25, 0.3) is 16.7 Å². The van der Waals surface area contributed by atoms with E-state index in [1.165, 1.54) is 6.33 Å². The van der Waals surface area contributed by atoms with E-state index in [2.05, 4.69) is 32.2 Å². The first-order chi connectivity index (χ1) is 15.0. The summed E-state index contributed by atoms with van der Waals surface area (Å²) in [4.78, 5) is 32.4. The molecular formula is C22H21N7O2.